The lowest BCUT2D eigenvalue weighted by Gasteiger charge is -2.49. The number of ether oxygens (including phenoxy) is 2. The monoisotopic (exact) mass is 526 g/mol. The number of methoxy groups -OCH3 is 1. The van der Waals surface area contributed by atoms with Crippen LogP contribution in [0.1, 0.15) is 37.1 Å². The van der Waals surface area contributed by atoms with Gasteiger partial charge in [0.15, 0.2) is 29.4 Å². The number of rotatable bonds is 4. The molecular weight excluding hydrogens is 497 g/mol. The van der Waals surface area contributed by atoms with Crippen molar-refractivity contribution in [2.45, 2.75) is 38.8 Å². The first kappa shape index (κ1) is 25.8. The highest BCUT2D eigenvalue weighted by Crippen LogP contribution is 2.45. The smallest absolute Gasteiger partial charge is 0.194 e. The maximum absolute atomic E-state index is 14.3. The number of hydrogen-bond donors (Lipinski definition) is 0. The quantitative estimate of drug-likeness (QED) is 0.429. The van der Waals surface area contributed by atoms with Gasteiger partial charge < -0.3 is 23.8 Å². The minimum absolute atomic E-state index is 0. The lowest BCUT2D eigenvalue weighted by Crippen LogP contribution is -2.61. The van der Waals surface area contributed by atoms with Crippen LogP contribution in [0.25, 0.3) is 11.8 Å². The van der Waals surface area contributed by atoms with E-state index in [-0.39, 0.29) is 26.2 Å². The number of amidine groups is 1. The molecule has 2 saturated heterocycles. The molecule has 0 amide bonds. The fraction of sp³-hybridized carbons (Fsp3) is 0.357. The number of hydrogen-bond acceptors (Lipinski definition) is 6. The van der Waals surface area contributed by atoms with Crippen LogP contribution in [0.15, 0.2) is 53.6 Å². The van der Waals surface area contributed by atoms with Gasteiger partial charge in [0.2, 0.25) is 0 Å². The second kappa shape index (κ2) is 9.83. The minimum atomic E-state index is -1.50. The molecule has 4 heterocycles. The topological polar surface area (TPSA) is 61.1 Å². The van der Waals surface area contributed by atoms with E-state index >= 15 is 0 Å². The van der Waals surface area contributed by atoms with E-state index in [2.05, 4.69) is 10.1 Å². The summed E-state index contributed by atoms with van der Waals surface area (Å²) in [6, 6.07) is 7.93. The molecule has 0 spiro atoms. The van der Waals surface area contributed by atoms with Gasteiger partial charge in [0.05, 0.1) is 38.0 Å². The molecule has 7 nitrogen and oxygen atoms in total. The summed E-state index contributed by atoms with van der Waals surface area (Å²) in [6.45, 7) is 2.86. The Morgan fingerprint density at radius 2 is 1.95 bits per heavy atom. The Morgan fingerprint density at radius 1 is 1.16 bits per heavy atom. The van der Waals surface area contributed by atoms with Gasteiger partial charge in [0, 0.05) is 12.7 Å². The summed E-state index contributed by atoms with van der Waals surface area (Å²) in [5.74, 6) is -2.73. The van der Waals surface area contributed by atoms with Crippen molar-refractivity contribution in [3.8, 4) is 11.4 Å². The average Bonchev–Trinajstić information content (AvgIpc) is 3.54. The van der Waals surface area contributed by atoms with Crippen LogP contribution in [0, 0.1) is 24.4 Å². The number of piperidine rings is 1. The molecule has 1 aromatic heterocycles. The zero-order chi connectivity index (χ0) is 25.7. The van der Waals surface area contributed by atoms with Gasteiger partial charge in [-0.2, -0.15) is 0 Å². The number of imidazole rings is 1. The summed E-state index contributed by atoms with van der Waals surface area (Å²) < 4.78 is 55.6. The summed E-state index contributed by atoms with van der Waals surface area (Å²) in [7, 11) is 1.62. The van der Waals surface area contributed by atoms with Gasteiger partial charge in [-0.15, -0.1) is 0 Å². The van der Waals surface area contributed by atoms with E-state index in [0.29, 0.717) is 18.1 Å². The number of nitrogens with zero attached hydrogens (tertiary/aromatic N) is 4. The third-order valence-electron chi connectivity index (χ3n) is 7.26. The average molecular weight is 527 g/mol. The lowest BCUT2D eigenvalue weighted by atomic mass is 9.81. The van der Waals surface area contributed by atoms with E-state index in [0.717, 1.165) is 47.5 Å². The van der Waals surface area contributed by atoms with Crippen molar-refractivity contribution in [3.63, 3.8) is 0 Å². The molecule has 2 atom stereocenters. The predicted molar refractivity (Wildman–Crippen MR) is 137 cm³/mol. The molecule has 3 aliphatic heterocycles. The molecule has 200 valence electrons. The molecule has 6 rings (SSSR count). The second-order valence-electron chi connectivity index (χ2n) is 9.48. The van der Waals surface area contributed by atoms with Crippen molar-refractivity contribution >= 4 is 11.9 Å². The van der Waals surface area contributed by atoms with Crippen molar-refractivity contribution in [3.05, 3.63) is 82.7 Å². The lowest BCUT2D eigenvalue weighted by molar-refractivity contribution is -0.0501. The molecule has 2 aromatic carbocycles. The molecule has 0 N–H and O–H groups in total. The standard InChI is InChI=1S/C27H25F3N4O3.CH4/c1-16-12-33(15-31-16)22-6-5-17(9-23(22)35-2)8-18-4-3-7-34-26(18)32-37-24-13-36-14-27(24,34)19-10-20(28)25(30)21(29)11-19;/h5-6,8-12,15,24H,3-4,7,13-14H2,1-2H3;1H4/b18-8+;/t24?,27-;/m0./s1. The largest absolute Gasteiger partial charge is 0.495 e. The Balaban J connectivity index is 0.00000294. The highest BCUT2D eigenvalue weighted by molar-refractivity contribution is 6.03. The Labute approximate surface area is 219 Å². The first-order chi connectivity index (χ1) is 17.9. The van der Waals surface area contributed by atoms with Gasteiger partial charge in [-0.3, -0.25) is 0 Å². The van der Waals surface area contributed by atoms with Crippen molar-refractivity contribution < 1.29 is 27.5 Å². The SMILES string of the molecule is C.COc1cc(/C=C2\CCCN3C2=NOC2COC[C@]23c2cc(F)c(F)c(F)c2)ccc1-n1cnc(C)c1. The summed E-state index contributed by atoms with van der Waals surface area (Å²) in [6.07, 6.45) is 6.60. The molecule has 0 bridgehead atoms. The number of halogens is 3. The third kappa shape index (κ3) is 4.03. The number of oxime groups is 1. The van der Waals surface area contributed by atoms with Crippen molar-refractivity contribution in [1.82, 2.24) is 14.5 Å². The highest BCUT2D eigenvalue weighted by Gasteiger charge is 2.56. The molecular formula is C28H29F3N4O3. The number of benzene rings is 2. The number of aryl methyl sites for hydroxylation is 1. The summed E-state index contributed by atoms with van der Waals surface area (Å²) in [4.78, 5) is 12.1. The first-order valence-electron chi connectivity index (χ1n) is 12.0. The Hall–Kier alpha value is -3.79. The van der Waals surface area contributed by atoms with Crippen molar-refractivity contribution in [2.24, 2.45) is 5.16 Å². The summed E-state index contributed by atoms with van der Waals surface area (Å²) in [5, 5.41) is 4.40. The minimum Gasteiger partial charge on any atom is -0.495 e. The first-order valence-corrected chi connectivity index (χ1v) is 12.0. The number of fused-ring (bicyclic) bond motifs is 3. The normalized spacial score (nSPS) is 23.3. The van der Waals surface area contributed by atoms with E-state index in [1.807, 2.05) is 46.9 Å². The van der Waals surface area contributed by atoms with Crippen LogP contribution < -0.4 is 4.74 Å². The maximum Gasteiger partial charge on any atom is 0.194 e. The van der Waals surface area contributed by atoms with Gasteiger partial charge in [-0.05, 0) is 66.8 Å². The zero-order valence-electron chi connectivity index (χ0n) is 20.4. The molecule has 0 saturated carbocycles. The highest BCUT2D eigenvalue weighted by atomic mass is 19.2. The Kier molecular flexibility index (Phi) is 6.68. The van der Waals surface area contributed by atoms with E-state index in [4.69, 9.17) is 14.3 Å². The van der Waals surface area contributed by atoms with Crippen molar-refractivity contribution in [1.29, 1.82) is 0 Å². The van der Waals surface area contributed by atoms with Crippen LogP contribution in [-0.2, 0) is 15.1 Å². The van der Waals surface area contributed by atoms with Crippen LogP contribution in [-0.4, -0.2) is 53.3 Å². The van der Waals surface area contributed by atoms with Gasteiger partial charge in [0.25, 0.3) is 0 Å². The Morgan fingerprint density at radius 3 is 2.66 bits per heavy atom. The molecule has 38 heavy (non-hydrogen) atoms. The molecule has 1 unspecified atom stereocenters. The molecule has 3 aliphatic rings. The zero-order valence-corrected chi connectivity index (χ0v) is 20.4. The van der Waals surface area contributed by atoms with Crippen LogP contribution >= 0.6 is 0 Å². The molecule has 0 aliphatic carbocycles. The van der Waals surface area contributed by atoms with Gasteiger partial charge in [0.1, 0.15) is 11.3 Å². The van der Waals surface area contributed by atoms with Crippen LogP contribution in [0.3, 0.4) is 0 Å². The van der Waals surface area contributed by atoms with E-state index < -0.39 is 29.1 Å². The van der Waals surface area contributed by atoms with Gasteiger partial charge >= 0.3 is 0 Å². The van der Waals surface area contributed by atoms with E-state index in [1.165, 1.54) is 0 Å². The van der Waals surface area contributed by atoms with Crippen molar-refractivity contribution in [2.75, 3.05) is 26.9 Å². The van der Waals surface area contributed by atoms with Crippen LogP contribution in [0.2, 0.25) is 0 Å². The van der Waals surface area contributed by atoms with Crippen LogP contribution in [0.4, 0.5) is 13.2 Å². The molecule has 2 fully saturated rings. The van der Waals surface area contributed by atoms with E-state index in [9.17, 15) is 13.2 Å². The van der Waals surface area contributed by atoms with Crippen LogP contribution in [0.5, 0.6) is 5.75 Å². The molecule has 0 radical (unpaired) electrons. The summed E-state index contributed by atoms with van der Waals surface area (Å²) in [5.41, 5.74) is 2.81. The predicted octanol–water partition coefficient (Wildman–Crippen LogP) is 5.36. The maximum atomic E-state index is 14.3. The second-order valence-corrected chi connectivity index (χ2v) is 9.48. The third-order valence-corrected chi connectivity index (χ3v) is 7.26. The van der Waals surface area contributed by atoms with Gasteiger partial charge in [-0.1, -0.05) is 18.6 Å². The van der Waals surface area contributed by atoms with E-state index in [1.54, 1.807) is 13.4 Å². The molecule has 3 aromatic rings. The number of aromatic nitrogens is 2. The fourth-order valence-corrected chi connectivity index (χ4v) is 5.47. The van der Waals surface area contributed by atoms with Gasteiger partial charge in [-0.25, -0.2) is 18.2 Å². The molecule has 10 heteroatoms. The fourth-order valence-electron chi connectivity index (χ4n) is 5.47. The summed E-state index contributed by atoms with van der Waals surface area (Å²) >= 11 is 0. The Bertz CT molecular complexity index is 1410.